The van der Waals surface area contributed by atoms with Gasteiger partial charge in [-0.05, 0) is 35.0 Å². The number of para-hydroxylation sites is 1. The first-order valence-electron chi connectivity index (χ1n) is 5.22. The largest absolute Gasteiger partial charge is 0.463 e. The van der Waals surface area contributed by atoms with E-state index in [1.807, 2.05) is 12.3 Å². The van der Waals surface area contributed by atoms with Gasteiger partial charge in [-0.15, -0.1) is 0 Å². The number of rotatable bonds is 1. The van der Waals surface area contributed by atoms with Crippen molar-refractivity contribution in [1.29, 1.82) is 0 Å². The van der Waals surface area contributed by atoms with Crippen LogP contribution < -0.4 is 5.32 Å². The third kappa shape index (κ3) is 1.50. The van der Waals surface area contributed by atoms with Crippen molar-refractivity contribution in [1.82, 2.24) is 5.32 Å². The normalized spacial score (nSPS) is 21.3. The lowest BCUT2D eigenvalue weighted by molar-refractivity contribution is 0.601. The van der Waals surface area contributed by atoms with E-state index in [0.29, 0.717) is 5.92 Å². The van der Waals surface area contributed by atoms with Crippen molar-refractivity contribution >= 4 is 26.9 Å². The third-order valence-corrected chi connectivity index (χ3v) is 3.71. The zero-order chi connectivity index (χ0) is 10.3. The number of hydrogen-bond donors (Lipinski definition) is 1. The Labute approximate surface area is 96.8 Å². The van der Waals surface area contributed by atoms with Gasteiger partial charge in [0.25, 0.3) is 0 Å². The third-order valence-electron chi connectivity index (χ3n) is 3.08. The molecule has 1 aliphatic rings. The van der Waals surface area contributed by atoms with Crippen molar-refractivity contribution in [3.63, 3.8) is 0 Å². The van der Waals surface area contributed by atoms with Gasteiger partial charge >= 0.3 is 0 Å². The summed E-state index contributed by atoms with van der Waals surface area (Å²) in [5.74, 6) is 0.612. The molecule has 1 saturated heterocycles. The van der Waals surface area contributed by atoms with Gasteiger partial charge in [-0.25, -0.2) is 0 Å². The van der Waals surface area contributed by atoms with Gasteiger partial charge in [-0.3, -0.25) is 0 Å². The Hall–Kier alpha value is -0.800. The Morgan fingerprint density at radius 2 is 2.33 bits per heavy atom. The van der Waals surface area contributed by atoms with E-state index in [-0.39, 0.29) is 0 Å². The second kappa shape index (κ2) is 3.65. The summed E-state index contributed by atoms with van der Waals surface area (Å²) in [6, 6.07) is 6.22. The van der Waals surface area contributed by atoms with Gasteiger partial charge in [-0.1, -0.05) is 12.1 Å². The summed E-state index contributed by atoms with van der Waals surface area (Å²) in [4.78, 5) is 0. The van der Waals surface area contributed by atoms with Gasteiger partial charge in [0.15, 0.2) is 0 Å². The molecule has 2 aromatic rings. The number of nitrogens with one attached hydrogen (secondary N) is 1. The molecule has 1 aromatic carbocycles. The second-order valence-corrected chi connectivity index (χ2v) is 4.85. The molecular formula is C12H12BrNO. The monoisotopic (exact) mass is 265 g/mol. The molecule has 2 heterocycles. The first-order chi connectivity index (χ1) is 7.36. The van der Waals surface area contributed by atoms with Crippen LogP contribution in [0.3, 0.4) is 0 Å². The van der Waals surface area contributed by atoms with Gasteiger partial charge in [0, 0.05) is 23.4 Å². The molecule has 0 spiro atoms. The molecule has 0 aliphatic carbocycles. The average molecular weight is 266 g/mol. The molecule has 1 aliphatic heterocycles. The van der Waals surface area contributed by atoms with E-state index in [4.69, 9.17) is 4.42 Å². The molecule has 78 valence electrons. The van der Waals surface area contributed by atoms with Crippen LogP contribution in [0.25, 0.3) is 11.0 Å². The van der Waals surface area contributed by atoms with Gasteiger partial charge in [0.2, 0.25) is 0 Å². The van der Waals surface area contributed by atoms with E-state index in [0.717, 1.165) is 23.1 Å². The van der Waals surface area contributed by atoms with Crippen molar-refractivity contribution in [2.45, 2.75) is 12.3 Å². The molecule has 0 saturated carbocycles. The molecule has 1 unspecified atom stereocenters. The Bertz CT molecular complexity index is 485. The fraction of sp³-hybridized carbons (Fsp3) is 0.333. The minimum atomic E-state index is 0.612. The highest BCUT2D eigenvalue weighted by Crippen LogP contribution is 2.34. The lowest BCUT2D eigenvalue weighted by Crippen LogP contribution is -2.07. The van der Waals surface area contributed by atoms with Crippen LogP contribution in [0.15, 0.2) is 33.4 Å². The Kier molecular flexibility index (Phi) is 2.29. The van der Waals surface area contributed by atoms with Gasteiger partial charge in [-0.2, -0.15) is 0 Å². The maximum Gasteiger partial charge on any atom is 0.148 e. The molecule has 2 nitrogen and oxygen atoms in total. The summed E-state index contributed by atoms with van der Waals surface area (Å²) in [5.41, 5.74) is 2.32. The summed E-state index contributed by atoms with van der Waals surface area (Å²) in [6.07, 6.45) is 3.12. The van der Waals surface area contributed by atoms with Crippen molar-refractivity contribution in [2.75, 3.05) is 13.1 Å². The molecule has 1 fully saturated rings. The minimum absolute atomic E-state index is 0.612. The minimum Gasteiger partial charge on any atom is -0.463 e. The van der Waals surface area contributed by atoms with Crippen LogP contribution in [0.4, 0.5) is 0 Å². The maximum absolute atomic E-state index is 5.62. The van der Waals surface area contributed by atoms with Crippen LogP contribution in [-0.4, -0.2) is 13.1 Å². The Balaban J connectivity index is 2.15. The summed E-state index contributed by atoms with van der Waals surface area (Å²) in [5, 5.41) is 4.63. The summed E-state index contributed by atoms with van der Waals surface area (Å²) < 4.78 is 6.66. The smallest absolute Gasteiger partial charge is 0.148 e. The SMILES string of the molecule is Brc1cccc2c(C3CCNC3)coc12. The van der Waals surface area contributed by atoms with Crippen LogP contribution >= 0.6 is 15.9 Å². The Morgan fingerprint density at radius 3 is 3.13 bits per heavy atom. The highest BCUT2D eigenvalue weighted by molar-refractivity contribution is 9.10. The van der Waals surface area contributed by atoms with E-state index in [9.17, 15) is 0 Å². The molecular weight excluding hydrogens is 254 g/mol. The quantitative estimate of drug-likeness (QED) is 0.856. The first-order valence-corrected chi connectivity index (χ1v) is 6.02. The number of halogens is 1. The van der Waals surface area contributed by atoms with Crippen LogP contribution in [0, 0.1) is 0 Å². The number of hydrogen-bond acceptors (Lipinski definition) is 2. The zero-order valence-electron chi connectivity index (χ0n) is 8.29. The summed E-state index contributed by atoms with van der Waals surface area (Å²) in [6.45, 7) is 2.19. The van der Waals surface area contributed by atoms with E-state index >= 15 is 0 Å². The van der Waals surface area contributed by atoms with Crippen LogP contribution in [0.5, 0.6) is 0 Å². The van der Waals surface area contributed by atoms with Gasteiger partial charge in [0.05, 0.1) is 10.7 Å². The summed E-state index contributed by atoms with van der Waals surface area (Å²) >= 11 is 3.51. The lowest BCUT2D eigenvalue weighted by atomic mass is 9.98. The number of furan rings is 1. The van der Waals surface area contributed by atoms with Crippen molar-refractivity contribution < 1.29 is 4.42 Å². The molecule has 1 atom stereocenters. The van der Waals surface area contributed by atoms with E-state index in [1.54, 1.807) is 0 Å². The first kappa shape index (κ1) is 9.43. The molecule has 15 heavy (non-hydrogen) atoms. The van der Waals surface area contributed by atoms with Crippen LogP contribution in [0.1, 0.15) is 17.9 Å². The van der Waals surface area contributed by atoms with Crippen LogP contribution in [0.2, 0.25) is 0 Å². The molecule has 3 rings (SSSR count). The summed E-state index contributed by atoms with van der Waals surface area (Å²) in [7, 11) is 0. The van der Waals surface area contributed by atoms with Gasteiger partial charge < -0.3 is 9.73 Å². The van der Waals surface area contributed by atoms with Crippen molar-refractivity contribution in [3.05, 3.63) is 34.5 Å². The lowest BCUT2D eigenvalue weighted by Gasteiger charge is -2.04. The molecule has 0 bridgehead atoms. The topological polar surface area (TPSA) is 25.2 Å². The van der Waals surface area contributed by atoms with E-state index < -0.39 is 0 Å². The predicted molar refractivity (Wildman–Crippen MR) is 64.1 cm³/mol. The number of benzene rings is 1. The maximum atomic E-state index is 5.62. The molecule has 0 amide bonds. The second-order valence-electron chi connectivity index (χ2n) is 4.00. The number of fused-ring (bicyclic) bond motifs is 1. The van der Waals surface area contributed by atoms with E-state index in [1.165, 1.54) is 17.4 Å². The highest BCUT2D eigenvalue weighted by Gasteiger charge is 2.21. The Morgan fingerprint density at radius 1 is 1.40 bits per heavy atom. The average Bonchev–Trinajstić information content (AvgIpc) is 2.85. The van der Waals surface area contributed by atoms with E-state index in [2.05, 4.69) is 33.4 Å². The fourth-order valence-corrected chi connectivity index (χ4v) is 2.74. The molecule has 3 heteroatoms. The fourth-order valence-electron chi connectivity index (χ4n) is 2.28. The zero-order valence-corrected chi connectivity index (χ0v) is 9.88. The molecule has 0 radical (unpaired) electrons. The highest BCUT2D eigenvalue weighted by atomic mass is 79.9. The van der Waals surface area contributed by atoms with Crippen molar-refractivity contribution in [3.8, 4) is 0 Å². The van der Waals surface area contributed by atoms with Crippen molar-refractivity contribution in [2.24, 2.45) is 0 Å². The molecule has 1 N–H and O–H groups in total. The molecule has 1 aromatic heterocycles. The van der Waals surface area contributed by atoms with Crippen LogP contribution in [-0.2, 0) is 0 Å². The predicted octanol–water partition coefficient (Wildman–Crippen LogP) is 3.27. The standard InChI is InChI=1S/C12H12BrNO/c13-11-3-1-2-9-10(7-15-12(9)11)8-4-5-14-6-8/h1-3,7-8,14H,4-6H2. The van der Waals surface area contributed by atoms with Gasteiger partial charge in [0.1, 0.15) is 5.58 Å².